The van der Waals surface area contributed by atoms with Crippen molar-refractivity contribution in [2.45, 2.75) is 83.5 Å². The second-order valence-corrected chi connectivity index (χ2v) is 11.2. The average molecular weight is 557 g/mol. The third-order valence-corrected chi connectivity index (χ3v) is 8.75. The molecule has 2 fully saturated rings. The summed E-state index contributed by atoms with van der Waals surface area (Å²) >= 11 is 0. The summed E-state index contributed by atoms with van der Waals surface area (Å²) in [6.07, 6.45) is 2.29. The van der Waals surface area contributed by atoms with Gasteiger partial charge in [0.25, 0.3) is 0 Å². The molecule has 0 heterocycles. The van der Waals surface area contributed by atoms with E-state index < -0.39 is 34.8 Å². The van der Waals surface area contributed by atoms with E-state index in [2.05, 4.69) is 11.7 Å². The van der Waals surface area contributed by atoms with E-state index in [1.807, 2.05) is 0 Å². The number of hydrogen-bond acceptors (Lipinski definition) is 2. The largest absolute Gasteiger partial charge is 0.496 e. The first-order valence-corrected chi connectivity index (χ1v) is 14.1. The maximum atomic E-state index is 13.9. The molecule has 8 heteroatoms. The molecule has 0 amide bonds. The van der Waals surface area contributed by atoms with E-state index in [4.69, 9.17) is 4.74 Å². The van der Waals surface area contributed by atoms with Crippen LogP contribution < -0.4 is 9.47 Å². The first-order chi connectivity index (χ1) is 18.5. The number of ether oxygens (including phenoxy) is 2. The Morgan fingerprint density at radius 2 is 1.23 bits per heavy atom. The molecule has 2 aliphatic carbocycles. The molecular weight excluding hydrogens is 518 g/mol. The molecule has 2 aliphatic rings. The fraction of sp³-hybridized carbons (Fsp3) is 0.613. The van der Waals surface area contributed by atoms with Gasteiger partial charge < -0.3 is 9.47 Å². The summed E-state index contributed by atoms with van der Waals surface area (Å²) in [6.45, 7) is 2.80. The van der Waals surface area contributed by atoms with Gasteiger partial charge in [-0.1, -0.05) is 50.8 Å². The zero-order valence-electron chi connectivity index (χ0n) is 22.6. The molecule has 2 aromatic carbocycles. The van der Waals surface area contributed by atoms with Crippen molar-refractivity contribution in [1.82, 2.24) is 0 Å². The van der Waals surface area contributed by atoms with Crippen LogP contribution in [0, 0.1) is 23.7 Å². The molecule has 0 aliphatic heterocycles. The Bertz CT molecular complexity index is 1060. The summed E-state index contributed by atoms with van der Waals surface area (Å²) in [6, 6.07) is 7.73. The standard InChI is InChI=1S/C31H38F6O2/c1-3-4-20-5-9-22(10-6-20)23-11-7-21(8-12-23)19-39-25-15-13-24(14-16-25)26-17-18-27(38-2)29(31(35,36)37)28(26)30(32,33)34/h13-18,20-23H,3-12,19H2,1-2H3. The molecule has 0 atom stereocenters. The van der Waals surface area contributed by atoms with Gasteiger partial charge >= 0.3 is 12.4 Å². The van der Waals surface area contributed by atoms with Crippen molar-refractivity contribution < 1.29 is 35.8 Å². The molecule has 0 N–H and O–H groups in total. The molecule has 0 saturated heterocycles. The molecule has 2 nitrogen and oxygen atoms in total. The van der Waals surface area contributed by atoms with Crippen molar-refractivity contribution in [3.8, 4) is 22.6 Å². The summed E-state index contributed by atoms with van der Waals surface area (Å²) in [7, 11) is 0.918. The van der Waals surface area contributed by atoms with Gasteiger partial charge in [0.05, 0.1) is 19.3 Å². The zero-order valence-corrected chi connectivity index (χ0v) is 22.6. The number of rotatable bonds is 8. The van der Waals surface area contributed by atoms with E-state index in [1.54, 1.807) is 0 Å². The van der Waals surface area contributed by atoms with Gasteiger partial charge in [0.1, 0.15) is 17.1 Å². The van der Waals surface area contributed by atoms with Crippen LogP contribution >= 0.6 is 0 Å². The Balaban J connectivity index is 1.37. The van der Waals surface area contributed by atoms with Crippen molar-refractivity contribution in [2.75, 3.05) is 13.7 Å². The minimum atomic E-state index is -5.23. The van der Waals surface area contributed by atoms with E-state index >= 15 is 0 Å². The Labute approximate surface area is 227 Å². The van der Waals surface area contributed by atoms with Gasteiger partial charge in [-0.05, 0) is 91.5 Å². The normalized spacial score (nSPS) is 24.4. The number of benzene rings is 2. The summed E-state index contributed by atoms with van der Waals surface area (Å²) in [5.74, 6) is 2.64. The monoisotopic (exact) mass is 556 g/mol. The van der Waals surface area contributed by atoms with Crippen LogP contribution in [0.3, 0.4) is 0 Å². The molecule has 0 spiro atoms. The van der Waals surface area contributed by atoms with Gasteiger partial charge in [0.15, 0.2) is 0 Å². The molecule has 0 bridgehead atoms. The predicted molar refractivity (Wildman–Crippen MR) is 140 cm³/mol. The summed E-state index contributed by atoms with van der Waals surface area (Å²) < 4.78 is 93.1. The quantitative estimate of drug-likeness (QED) is 0.301. The molecule has 0 radical (unpaired) electrons. The van der Waals surface area contributed by atoms with Crippen LogP contribution in [-0.2, 0) is 12.4 Å². The van der Waals surface area contributed by atoms with Gasteiger partial charge in [-0.25, -0.2) is 0 Å². The maximum Gasteiger partial charge on any atom is 0.420 e. The Kier molecular flexibility index (Phi) is 9.43. The Morgan fingerprint density at radius 1 is 0.692 bits per heavy atom. The van der Waals surface area contributed by atoms with Crippen molar-refractivity contribution in [1.29, 1.82) is 0 Å². The third kappa shape index (κ3) is 7.23. The lowest BCUT2D eigenvalue weighted by molar-refractivity contribution is -0.162. The zero-order chi connectivity index (χ0) is 28.2. The average Bonchev–Trinajstić information content (AvgIpc) is 2.91. The first kappa shape index (κ1) is 29.6. The lowest BCUT2D eigenvalue weighted by Gasteiger charge is -2.37. The van der Waals surface area contributed by atoms with Gasteiger partial charge in [-0.3, -0.25) is 0 Å². The molecule has 216 valence electrons. The van der Waals surface area contributed by atoms with Crippen LogP contribution in [0.1, 0.15) is 82.3 Å². The van der Waals surface area contributed by atoms with Crippen LogP contribution in [0.25, 0.3) is 11.1 Å². The molecular formula is C31H38F6O2. The second-order valence-electron chi connectivity index (χ2n) is 11.2. The third-order valence-electron chi connectivity index (χ3n) is 8.75. The van der Waals surface area contributed by atoms with E-state index in [-0.39, 0.29) is 5.56 Å². The van der Waals surface area contributed by atoms with Crippen molar-refractivity contribution in [3.05, 3.63) is 47.5 Å². The highest BCUT2D eigenvalue weighted by Crippen LogP contribution is 2.49. The van der Waals surface area contributed by atoms with Crippen molar-refractivity contribution in [3.63, 3.8) is 0 Å². The van der Waals surface area contributed by atoms with Crippen LogP contribution in [0.2, 0.25) is 0 Å². The summed E-state index contributed by atoms with van der Waals surface area (Å²) in [5, 5.41) is 0. The Morgan fingerprint density at radius 3 is 1.72 bits per heavy atom. The number of methoxy groups -OCH3 is 1. The molecule has 0 aromatic heterocycles. The topological polar surface area (TPSA) is 18.5 Å². The highest BCUT2D eigenvalue weighted by molar-refractivity contribution is 5.72. The lowest BCUT2D eigenvalue weighted by atomic mass is 9.69. The van der Waals surface area contributed by atoms with Crippen LogP contribution in [-0.4, -0.2) is 13.7 Å². The molecule has 39 heavy (non-hydrogen) atoms. The number of alkyl halides is 6. The highest BCUT2D eigenvalue weighted by atomic mass is 19.4. The first-order valence-electron chi connectivity index (χ1n) is 14.1. The minimum absolute atomic E-state index is 0.0250. The summed E-state index contributed by atoms with van der Waals surface area (Å²) in [4.78, 5) is 0. The Hall–Kier alpha value is -2.38. The van der Waals surface area contributed by atoms with Gasteiger partial charge in [0, 0.05) is 0 Å². The summed E-state index contributed by atoms with van der Waals surface area (Å²) in [5.41, 5.74) is -4.10. The number of halogens is 6. The van der Waals surface area contributed by atoms with E-state index in [0.29, 0.717) is 18.3 Å². The van der Waals surface area contributed by atoms with E-state index in [0.717, 1.165) is 49.8 Å². The van der Waals surface area contributed by atoms with Crippen LogP contribution in [0.5, 0.6) is 11.5 Å². The number of hydrogen-bond donors (Lipinski definition) is 0. The fourth-order valence-corrected chi connectivity index (χ4v) is 6.70. The van der Waals surface area contributed by atoms with Crippen molar-refractivity contribution >= 4 is 0 Å². The molecule has 0 unspecified atom stereocenters. The maximum absolute atomic E-state index is 13.9. The fourth-order valence-electron chi connectivity index (χ4n) is 6.70. The molecule has 2 saturated carbocycles. The van der Waals surface area contributed by atoms with Gasteiger partial charge in [-0.15, -0.1) is 0 Å². The van der Waals surface area contributed by atoms with E-state index in [9.17, 15) is 26.3 Å². The van der Waals surface area contributed by atoms with Crippen LogP contribution in [0.15, 0.2) is 36.4 Å². The minimum Gasteiger partial charge on any atom is -0.496 e. The smallest absolute Gasteiger partial charge is 0.420 e. The van der Waals surface area contributed by atoms with Gasteiger partial charge in [-0.2, -0.15) is 26.3 Å². The predicted octanol–water partition coefficient (Wildman–Crippen LogP) is 10.2. The SMILES string of the molecule is CCCC1CCC(C2CCC(COc3ccc(-c4ccc(OC)c(C(F)(F)F)c4C(F)(F)F)cc3)CC2)CC1. The molecule has 4 rings (SSSR count). The second kappa shape index (κ2) is 12.4. The molecule has 2 aromatic rings. The highest BCUT2D eigenvalue weighted by Gasteiger charge is 2.47. The van der Waals surface area contributed by atoms with Crippen molar-refractivity contribution in [2.24, 2.45) is 23.7 Å². The van der Waals surface area contributed by atoms with Gasteiger partial charge in [0.2, 0.25) is 0 Å². The van der Waals surface area contributed by atoms with E-state index in [1.165, 1.54) is 75.6 Å². The van der Waals surface area contributed by atoms with Crippen LogP contribution in [0.4, 0.5) is 26.3 Å². The lowest BCUT2D eigenvalue weighted by Crippen LogP contribution is -2.27.